The molecule has 6 nitrogen and oxygen atoms in total. The monoisotopic (exact) mass is 318 g/mol. The molecule has 1 aliphatic heterocycles. The third-order valence-corrected chi connectivity index (χ3v) is 6.24. The molecule has 8 heteroatoms. The predicted molar refractivity (Wildman–Crippen MR) is 76.3 cm³/mol. The van der Waals surface area contributed by atoms with Crippen LogP contribution >= 0.6 is 11.3 Å². The summed E-state index contributed by atoms with van der Waals surface area (Å²) in [7, 11) is -3.77. The summed E-state index contributed by atoms with van der Waals surface area (Å²) in [4.78, 5) is 12.1. The summed E-state index contributed by atoms with van der Waals surface area (Å²) in [5.74, 6) is 0.0309. The van der Waals surface area contributed by atoms with E-state index in [1.165, 1.54) is 5.38 Å². The second-order valence-corrected chi connectivity index (χ2v) is 7.58. The summed E-state index contributed by atoms with van der Waals surface area (Å²) in [6.07, 6.45) is 1.06. The topological polar surface area (TPSA) is 98.5 Å². The van der Waals surface area contributed by atoms with Gasteiger partial charge in [0.2, 0.25) is 10.0 Å². The average Bonchev–Trinajstić information content (AvgIpc) is 2.92. The first-order chi connectivity index (χ1) is 9.30. The van der Waals surface area contributed by atoms with Gasteiger partial charge in [0.15, 0.2) is 0 Å². The minimum absolute atomic E-state index is 0.0419. The van der Waals surface area contributed by atoms with E-state index in [-0.39, 0.29) is 16.2 Å². The maximum absolute atomic E-state index is 12.1. The smallest absolute Gasteiger partial charge is 0.252 e. The number of amides is 1. The molecule has 0 aromatic carbocycles. The lowest BCUT2D eigenvalue weighted by Gasteiger charge is -2.14. The van der Waals surface area contributed by atoms with Crippen molar-refractivity contribution in [3.05, 3.63) is 16.5 Å². The van der Waals surface area contributed by atoms with Crippen molar-refractivity contribution in [3.8, 4) is 0 Å². The van der Waals surface area contributed by atoms with E-state index in [1.807, 2.05) is 6.92 Å². The lowest BCUT2D eigenvalue weighted by Crippen LogP contribution is -2.32. The number of rotatable bonds is 4. The van der Waals surface area contributed by atoms with Crippen LogP contribution in [0.3, 0.4) is 0 Å². The van der Waals surface area contributed by atoms with E-state index in [9.17, 15) is 13.2 Å². The van der Waals surface area contributed by atoms with Crippen molar-refractivity contribution in [2.24, 2.45) is 11.1 Å². The molecule has 1 saturated heterocycles. The van der Waals surface area contributed by atoms with Crippen molar-refractivity contribution in [1.29, 1.82) is 0 Å². The highest BCUT2D eigenvalue weighted by molar-refractivity contribution is 7.91. The number of hydrogen-bond donors (Lipinski definition) is 2. The second-order valence-electron chi connectivity index (χ2n) is 4.94. The minimum atomic E-state index is -3.77. The third kappa shape index (κ3) is 3.20. The molecule has 2 heterocycles. The Morgan fingerprint density at radius 3 is 2.80 bits per heavy atom. The fraction of sp³-hybridized carbons (Fsp3) is 0.583. The summed E-state index contributed by atoms with van der Waals surface area (Å²) in [6, 6.07) is 0. The summed E-state index contributed by atoms with van der Waals surface area (Å²) in [6.45, 7) is 4.82. The van der Waals surface area contributed by atoms with Gasteiger partial charge in [-0.2, -0.15) is 0 Å². The van der Waals surface area contributed by atoms with Crippen LogP contribution in [0, 0.1) is 12.8 Å². The van der Waals surface area contributed by atoms with Gasteiger partial charge in [-0.05, 0) is 25.8 Å². The molecule has 3 N–H and O–H groups in total. The van der Waals surface area contributed by atoms with Crippen LogP contribution in [0.4, 0.5) is 0 Å². The number of carbonyl (C=O) groups is 1. The Labute approximate surface area is 122 Å². The van der Waals surface area contributed by atoms with Gasteiger partial charge < -0.3 is 10.1 Å². The molecule has 0 spiro atoms. The zero-order chi connectivity index (χ0) is 14.9. The molecule has 2 rings (SSSR count). The number of ether oxygens (including phenoxy) is 1. The van der Waals surface area contributed by atoms with E-state index in [0.29, 0.717) is 23.6 Å². The van der Waals surface area contributed by atoms with Crippen LogP contribution in [0.15, 0.2) is 9.59 Å². The number of hydrogen-bond acceptors (Lipinski definition) is 5. The predicted octanol–water partition coefficient (Wildman–Crippen LogP) is 0.859. The van der Waals surface area contributed by atoms with Crippen LogP contribution in [0.25, 0.3) is 0 Å². The van der Waals surface area contributed by atoms with E-state index in [0.717, 1.165) is 24.4 Å². The first-order valence-corrected chi connectivity index (χ1v) is 8.74. The van der Waals surface area contributed by atoms with Crippen LogP contribution in [0.5, 0.6) is 0 Å². The molecule has 20 heavy (non-hydrogen) atoms. The Kier molecular flexibility index (Phi) is 4.48. The SMILES string of the molecule is Cc1c(C(=O)NCC2CCOC2C)csc1S(N)(=O)=O. The van der Waals surface area contributed by atoms with Gasteiger partial charge in [0.05, 0.1) is 11.7 Å². The van der Waals surface area contributed by atoms with Crippen molar-refractivity contribution in [3.63, 3.8) is 0 Å². The molecule has 1 aliphatic rings. The molecule has 1 aromatic heterocycles. The summed E-state index contributed by atoms with van der Waals surface area (Å²) >= 11 is 0.972. The molecule has 0 aliphatic carbocycles. The van der Waals surface area contributed by atoms with Gasteiger partial charge in [0.1, 0.15) is 4.21 Å². The van der Waals surface area contributed by atoms with Gasteiger partial charge in [-0.3, -0.25) is 4.79 Å². The fourth-order valence-electron chi connectivity index (χ4n) is 2.27. The highest BCUT2D eigenvalue weighted by Crippen LogP contribution is 2.25. The van der Waals surface area contributed by atoms with Crippen molar-refractivity contribution in [2.75, 3.05) is 13.2 Å². The second kappa shape index (κ2) is 5.80. The molecular weight excluding hydrogens is 300 g/mol. The minimum Gasteiger partial charge on any atom is -0.378 e. The molecule has 2 unspecified atom stereocenters. The number of primary sulfonamides is 1. The van der Waals surface area contributed by atoms with Crippen molar-refractivity contribution < 1.29 is 17.9 Å². The highest BCUT2D eigenvalue weighted by atomic mass is 32.2. The van der Waals surface area contributed by atoms with E-state index in [1.54, 1.807) is 6.92 Å². The Morgan fingerprint density at radius 2 is 2.30 bits per heavy atom. The molecule has 112 valence electrons. The van der Waals surface area contributed by atoms with E-state index in [4.69, 9.17) is 9.88 Å². The van der Waals surface area contributed by atoms with E-state index in [2.05, 4.69) is 5.32 Å². The van der Waals surface area contributed by atoms with Gasteiger partial charge in [0.25, 0.3) is 5.91 Å². The number of sulfonamides is 1. The zero-order valence-electron chi connectivity index (χ0n) is 11.4. The Hall–Kier alpha value is -0.960. The molecule has 1 aromatic rings. The van der Waals surface area contributed by atoms with Crippen molar-refractivity contribution in [2.45, 2.75) is 30.6 Å². The van der Waals surface area contributed by atoms with Crippen molar-refractivity contribution >= 4 is 27.3 Å². The van der Waals surface area contributed by atoms with Crippen molar-refractivity contribution in [1.82, 2.24) is 5.32 Å². The first kappa shape index (κ1) is 15.4. The maximum atomic E-state index is 12.1. The molecular formula is C12H18N2O4S2. The average molecular weight is 318 g/mol. The molecule has 0 saturated carbocycles. The summed E-state index contributed by atoms with van der Waals surface area (Å²) in [5, 5.41) is 9.45. The lowest BCUT2D eigenvalue weighted by atomic mass is 10.0. The molecule has 0 radical (unpaired) electrons. The summed E-state index contributed by atoms with van der Waals surface area (Å²) < 4.78 is 28.2. The summed E-state index contributed by atoms with van der Waals surface area (Å²) in [5.41, 5.74) is 0.774. The Balaban J connectivity index is 2.05. The van der Waals surface area contributed by atoms with Gasteiger partial charge >= 0.3 is 0 Å². The van der Waals surface area contributed by atoms with Gasteiger partial charge in [-0.25, -0.2) is 13.6 Å². The zero-order valence-corrected chi connectivity index (χ0v) is 13.0. The van der Waals surface area contributed by atoms with Crippen LogP contribution in [-0.4, -0.2) is 33.6 Å². The largest absolute Gasteiger partial charge is 0.378 e. The first-order valence-electron chi connectivity index (χ1n) is 6.31. The standard InChI is InChI=1S/C12H18N2O4S2/c1-7-10(6-19-12(7)20(13,16)17)11(15)14-5-9-3-4-18-8(9)2/h6,8-9H,3-5H2,1-2H3,(H,14,15)(H2,13,16,17). The van der Waals surface area contributed by atoms with Crippen LogP contribution in [-0.2, 0) is 14.8 Å². The number of carbonyl (C=O) groups excluding carboxylic acids is 1. The number of thiophene rings is 1. The van der Waals surface area contributed by atoms with Gasteiger partial charge in [-0.1, -0.05) is 0 Å². The van der Waals surface area contributed by atoms with Gasteiger partial charge in [0, 0.05) is 24.4 Å². The molecule has 0 bridgehead atoms. The Bertz CT molecular complexity index is 609. The lowest BCUT2D eigenvalue weighted by molar-refractivity contribution is 0.0907. The van der Waals surface area contributed by atoms with Crippen LogP contribution < -0.4 is 10.5 Å². The highest BCUT2D eigenvalue weighted by Gasteiger charge is 2.26. The normalized spacial score (nSPS) is 22.9. The molecule has 1 amide bonds. The fourth-order valence-corrected chi connectivity index (χ4v) is 4.28. The third-order valence-electron chi connectivity index (χ3n) is 3.56. The quantitative estimate of drug-likeness (QED) is 0.860. The number of nitrogens with two attached hydrogens (primary N) is 1. The van der Waals surface area contributed by atoms with E-state index >= 15 is 0 Å². The maximum Gasteiger partial charge on any atom is 0.252 e. The number of nitrogens with one attached hydrogen (secondary N) is 1. The Morgan fingerprint density at radius 1 is 1.60 bits per heavy atom. The molecule has 1 fully saturated rings. The van der Waals surface area contributed by atoms with Gasteiger partial charge in [-0.15, -0.1) is 11.3 Å². The van der Waals surface area contributed by atoms with E-state index < -0.39 is 10.0 Å². The molecule has 2 atom stereocenters. The van der Waals surface area contributed by atoms with Crippen LogP contribution in [0.2, 0.25) is 0 Å². The van der Waals surface area contributed by atoms with Crippen LogP contribution in [0.1, 0.15) is 29.3 Å².